The molecule has 0 bridgehead atoms. The molecular formula is C16H19ClN2O2. The zero-order valence-corrected chi connectivity index (χ0v) is 13.0. The third-order valence-corrected chi connectivity index (χ3v) is 4.81. The molecular weight excluding hydrogens is 288 g/mol. The highest BCUT2D eigenvalue weighted by atomic mass is 35.5. The Kier molecular flexibility index (Phi) is 3.44. The van der Waals surface area contributed by atoms with Crippen molar-refractivity contribution in [2.75, 3.05) is 0 Å². The molecule has 21 heavy (non-hydrogen) atoms. The maximum atomic E-state index is 12.9. The van der Waals surface area contributed by atoms with Gasteiger partial charge in [0, 0.05) is 11.6 Å². The van der Waals surface area contributed by atoms with E-state index in [4.69, 9.17) is 11.6 Å². The summed E-state index contributed by atoms with van der Waals surface area (Å²) in [4.78, 5) is 26.7. The van der Waals surface area contributed by atoms with Gasteiger partial charge >= 0.3 is 0 Å². The lowest BCUT2D eigenvalue weighted by Gasteiger charge is -2.43. The number of amides is 2. The van der Waals surface area contributed by atoms with Crippen molar-refractivity contribution in [3.8, 4) is 0 Å². The largest absolute Gasteiger partial charge is 0.340 e. The number of benzene rings is 1. The van der Waals surface area contributed by atoms with E-state index in [-0.39, 0.29) is 17.7 Å². The van der Waals surface area contributed by atoms with E-state index < -0.39 is 11.6 Å². The van der Waals surface area contributed by atoms with Crippen molar-refractivity contribution < 1.29 is 9.59 Å². The molecule has 1 saturated heterocycles. The summed E-state index contributed by atoms with van der Waals surface area (Å²) in [5, 5.41) is 3.56. The molecule has 1 saturated carbocycles. The highest BCUT2D eigenvalue weighted by Crippen LogP contribution is 2.42. The summed E-state index contributed by atoms with van der Waals surface area (Å²) >= 11 is 6.00. The standard InChI is InChI=1S/C16H19ClN2O2/c1-10-14(20)18-16(2,12-6-7-12)15(21)19(10)9-11-4-3-5-13(17)8-11/h3-5,8,10,12H,6-7,9H2,1-2H3,(H,18,20). The summed E-state index contributed by atoms with van der Waals surface area (Å²) in [5.74, 6) is 0.200. The summed E-state index contributed by atoms with van der Waals surface area (Å²) in [6.07, 6.45) is 2.00. The van der Waals surface area contributed by atoms with E-state index in [9.17, 15) is 9.59 Å². The fourth-order valence-electron chi connectivity index (χ4n) is 3.01. The number of halogens is 1. The van der Waals surface area contributed by atoms with Crippen molar-refractivity contribution in [2.45, 2.75) is 44.8 Å². The second-order valence-corrected chi connectivity index (χ2v) is 6.64. The molecule has 0 spiro atoms. The van der Waals surface area contributed by atoms with E-state index in [1.807, 2.05) is 25.1 Å². The first-order valence-electron chi connectivity index (χ1n) is 7.29. The highest BCUT2D eigenvalue weighted by Gasteiger charge is 2.54. The number of hydrogen-bond donors (Lipinski definition) is 1. The maximum absolute atomic E-state index is 12.9. The van der Waals surface area contributed by atoms with Crippen molar-refractivity contribution in [1.29, 1.82) is 0 Å². The Bertz CT molecular complexity index is 600. The average molecular weight is 307 g/mol. The third-order valence-electron chi connectivity index (χ3n) is 4.57. The molecule has 2 fully saturated rings. The van der Waals surface area contributed by atoms with Gasteiger partial charge in [0.15, 0.2) is 0 Å². The number of rotatable bonds is 3. The predicted molar refractivity (Wildman–Crippen MR) is 80.7 cm³/mol. The van der Waals surface area contributed by atoms with Crippen LogP contribution in [0.3, 0.4) is 0 Å². The molecule has 2 amide bonds. The summed E-state index contributed by atoms with van der Waals surface area (Å²) in [5.41, 5.74) is 0.192. The van der Waals surface area contributed by atoms with E-state index in [0.29, 0.717) is 11.6 Å². The molecule has 4 nitrogen and oxygen atoms in total. The van der Waals surface area contributed by atoms with E-state index in [1.54, 1.807) is 17.9 Å². The maximum Gasteiger partial charge on any atom is 0.249 e. The van der Waals surface area contributed by atoms with Gasteiger partial charge in [0.05, 0.1) is 0 Å². The minimum absolute atomic E-state index is 0.0112. The summed E-state index contributed by atoms with van der Waals surface area (Å²) in [6.45, 7) is 4.03. The van der Waals surface area contributed by atoms with E-state index in [1.165, 1.54) is 0 Å². The van der Waals surface area contributed by atoms with Gasteiger partial charge in [-0.15, -0.1) is 0 Å². The molecule has 2 atom stereocenters. The van der Waals surface area contributed by atoms with Crippen LogP contribution in [0.25, 0.3) is 0 Å². The zero-order valence-electron chi connectivity index (χ0n) is 12.2. The topological polar surface area (TPSA) is 49.4 Å². The number of hydrogen-bond acceptors (Lipinski definition) is 2. The first kappa shape index (κ1) is 14.4. The van der Waals surface area contributed by atoms with E-state index >= 15 is 0 Å². The van der Waals surface area contributed by atoms with Gasteiger partial charge in [0.25, 0.3) is 0 Å². The van der Waals surface area contributed by atoms with Gasteiger partial charge < -0.3 is 10.2 Å². The summed E-state index contributed by atoms with van der Waals surface area (Å²) in [7, 11) is 0. The van der Waals surface area contributed by atoms with Crippen LogP contribution < -0.4 is 5.32 Å². The molecule has 1 heterocycles. The Morgan fingerprint density at radius 2 is 2.10 bits per heavy atom. The van der Waals surface area contributed by atoms with Crippen LogP contribution in [0.2, 0.25) is 5.02 Å². The molecule has 0 aromatic heterocycles. The second kappa shape index (κ2) is 5.02. The van der Waals surface area contributed by atoms with Crippen LogP contribution in [0.4, 0.5) is 0 Å². The number of nitrogens with one attached hydrogen (secondary N) is 1. The quantitative estimate of drug-likeness (QED) is 0.932. The van der Waals surface area contributed by atoms with Gasteiger partial charge in [-0.2, -0.15) is 0 Å². The first-order chi connectivity index (χ1) is 9.91. The van der Waals surface area contributed by atoms with Crippen LogP contribution in [-0.2, 0) is 16.1 Å². The number of carbonyl (C=O) groups excluding carboxylic acids is 2. The van der Waals surface area contributed by atoms with Gasteiger partial charge in [-0.3, -0.25) is 9.59 Å². The van der Waals surface area contributed by atoms with Crippen molar-refractivity contribution >= 4 is 23.4 Å². The van der Waals surface area contributed by atoms with Crippen LogP contribution in [0.15, 0.2) is 24.3 Å². The lowest BCUT2D eigenvalue weighted by molar-refractivity contribution is -0.155. The van der Waals surface area contributed by atoms with Crippen LogP contribution in [0.5, 0.6) is 0 Å². The average Bonchev–Trinajstić information content (AvgIpc) is 3.26. The molecule has 2 aliphatic rings. The lowest BCUT2D eigenvalue weighted by Crippen LogP contribution is -2.69. The monoisotopic (exact) mass is 306 g/mol. The van der Waals surface area contributed by atoms with Gasteiger partial charge in [0.1, 0.15) is 11.6 Å². The summed E-state index contributed by atoms with van der Waals surface area (Å²) in [6, 6.07) is 6.96. The molecule has 2 unspecified atom stereocenters. The molecule has 0 radical (unpaired) electrons. The summed E-state index contributed by atoms with van der Waals surface area (Å²) < 4.78 is 0. The minimum atomic E-state index is -0.748. The Morgan fingerprint density at radius 3 is 2.71 bits per heavy atom. The molecule has 1 aromatic carbocycles. The van der Waals surface area contributed by atoms with Gasteiger partial charge in [-0.25, -0.2) is 0 Å². The van der Waals surface area contributed by atoms with Gasteiger partial charge in [0.2, 0.25) is 11.8 Å². The predicted octanol–water partition coefficient (Wildman–Crippen LogP) is 2.36. The number of piperazine rings is 1. The third kappa shape index (κ3) is 2.53. The van der Waals surface area contributed by atoms with Gasteiger partial charge in [-0.05, 0) is 50.3 Å². The van der Waals surface area contributed by atoms with E-state index in [2.05, 4.69) is 5.32 Å². The Balaban J connectivity index is 1.87. The molecule has 5 heteroatoms. The number of carbonyl (C=O) groups is 2. The molecule has 3 rings (SSSR count). The minimum Gasteiger partial charge on any atom is -0.340 e. The van der Waals surface area contributed by atoms with Crippen LogP contribution in [0.1, 0.15) is 32.3 Å². The first-order valence-corrected chi connectivity index (χ1v) is 7.67. The molecule has 1 N–H and O–H groups in total. The Morgan fingerprint density at radius 1 is 1.38 bits per heavy atom. The molecule has 1 aromatic rings. The van der Waals surface area contributed by atoms with Crippen LogP contribution in [-0.4, -0.2) is 28.3 Å². The van der Waals surface area contributed by atoms with Crippen molar-refractivity contribution in [1.82, 2.24) is 10.2 Å². The normalized spacial score (nSPS) is 29.5. The Labute approximate surface area is 129 Å². The zero-order chi connectivity index (χ0) is 15.2. The van der Waals surface area contributed by atoms with E-state index in [0.717, 1.165) is 18.4 Å². The number of nitrogens with zero attached hydrogens (tertiary/aromatic N) is 1. The second-order valence-electron chi connectivity index (χ2n) is 6.20. The highest BCUT2D eigenvalue weighted by molar-refractivity contribution is 6.30. The lowest BCUT2D eigenvalue weighted by atomic mass is 9.89. The van der Waals surface area contributed by atoms with Crippen LogP contribution >= 0.6 is 11.6 Å². The smallest absolute Gasteiger partial charge is 0.249 e. The van der Waals surface area contributed by atoms with Crippen molar-refractivity contribution in [3.63, 3.8) is 0 Å². The fourth-order valence-corrected chi connectivity index (χ4v) is 3.22. The molecule has 1 aliphatic heterocycles. The van der Waals surface area contributed by atoms with Crippen molar-refractivity contribution in [3.05, 3.63) is 34.9 Å². The SMILES string of the molecule is CC1C(=O)NC(C)(C2CC2)C(=O)N1Cc1cccc(Cl)c1. The van der Waals surface area contributed by atoms with Crippen molar-refractivity contribution in [2.24, 2.45) is 5.92 Å². The fraction of sp³-hybridized carbons (Fsp3) is 0.500. The molecule has 112 valence electrons. The molecule has 1 aliphatic carbocycles. The van der Waals surface area contributed by atoms with Gasteiger partial charge in [-0.1, -0.05) is 23.7 Å². The van der Waals surface area contributed by atoms with Crippen LogP contribution in [0, 0.1) is 5.92 Å². The Hall–Kier alpha value is -1.55.